The highest BCUT2D eigenvalue weighted by atomic mass is 35.5. The maximum Gasteiger partial charge on any atom is 0.291 e. The molecule has 3 heterocycles. The summed E-state index contributed by atoms with van der Waals surface area (Å²) in [4.78, 5) is 6.43. The predicted octanol–water partition coefficient (Wildman–Crippen LogP) is 4.91. The highest BCUT2D eigenvalue weighted by Crippen LogP contribution is 2.39. The smallest absolute Gasteiger partial charge is 0.291 e. The summed E-state index contributed by atoms with van der Waals surface area (Å²) in [5, 5.41) is 6.90. The van der Waals surface area contributed by atoms with Crippen molar-refractivity contribution in [3.05, 3.63) is 46.7 Å². The topological polar surface area (TPSA) is 133 Å². The zero-order valence-corrected chi connectivity index (χ0v) is 24.9. The Hall–Kier alpha value is -2.56. The molecule has 5 rings (SSSR count). The molecule has 1 fully saturated rings. The minimum Gasteiger partial charge on any atom is -0.308 e. The maximum absolute atomic E-state index is 13.4. The first kappa shape index (κ1) is 29.0. The first-order chi connectivity index (χ1) is 18.7. The predicted molar refractivity (Wildman–Crippen MR) is 150 cm³/mol. The molecule has 0 radical (unpaired) electrons. The minimum absolute atomic E-state index is 0.00389. The van der Waals surface area contributed by atoms with E-state index < -0.39 is 36.7 Å². The molecule has 16 heteroatoms. The Labute approximate surface area is 239 Å². The van der Waals surface area contributed by atoms with Gasteiger partial charge in [-0.05, 0) is 57.6 Å². The number of imidazole rings is 1. The number of fused-ring (bicyclic) bond motifs is 1. The summed E-state index contributed by atoms with van der Waals surface area (Å²) >= 11 is 7.17. The highest BCUT2D eigenvalue weighted by Gasteiger charge is 2.41. The molecule has 0 spiro atoms. The van der Waals surface area contributed by atoms with Gasteiger partial charge in [0.15, 0.2) is 21.0 Å². The van der Waals surface area contributed by atoms with Crippen LogP contribution in [0.1, 0.15) is 31.2 Å². The molecule has 1 aliphatic carbocycles. The molecule has 3 aromatic heterocycles. The lowest BCUT2D eigenvalue weighted by Gasteiger charge is -2.15. The van der Waals surface area contributed by atoms with Crippen LogP contribution in [-0.4, -0.2) is 69.0 Å². The molecule has 0 unspecified atom stereocenters. The van der Waals surface area contributed by atoms with Crippen molar-refractivity contribution in [3.8, 4) is 22.0 Å². The minimum atomic E-state index is -4.00. The number of alkyl halides is 2. The van der Waals surface area contributed by atoms with Crippen LogP contribution in [0.15, 0.2) is 46.3 Å². The summed E-state index contributed by atoms with van der Waals surface area (Å²) < 4.78 is 78.7. The summed E-state index contributed by atoms with van der Waals surface area (Å²) in [5.74, 6) is 0.219. The Bertz CT molecular complexity index is 1800. The van der Waals surface area contributed by atoms with Crippen LogP contribution in [0.3, 0.4) is 0 Å². The van der Waals surface area contributed by atoms with Gasteiger partial charge in [0, 0.05) is 34.5 Å². The van der Waals surface area contributed by atoms with Crippen LogP contribution in [0.25, 0.3) is 27.5 Å². The van der Waals surface area contributed by atoms with Gasteiger partial charge >= 0.3 is 0 Å². The second-order valence-corrected chi connectivity index (χ2v) is 15.4. The van der Waals surface area contributed by atoms with E-state index in [1.54, 1.807) is 24.3 Å². The Kier molecular flexibility index (Phi) is 7.50. The Morgan fingerprint density at radius 3 is 2.42 bits per heavy atom. The Balaban J connectivity index is 1.67. The van der Waals surface area contributed by atoms with Gasteiger partial charge < -0.3 is 4.90 Å². The summed E-state index contributed by atoms with van der Waals surface area (Å²) in [7, 11) is -3.38. The molecular formula is C24H26ClF2N7O3S3. The number of sulfonamides is 1. The first-order valence-electron chi connectivity index (χ1n) is 12.1. The molecule has 10 nitrogen and oxygen atoms in total. The van der Waals surface area contributed by atoms with Crippen LogP contribution in [0.5, 0.6) is 0 Å². The Morgan fingerprint density at radius 1 is 1.18 bits per heavy atom. The van der Waals surface area contributed by atoms with Crippen molar-refractivity contribution in [2.75, 3.05) is 26.4 Å². The number of nitrogens with one attached hydrogen (secondary N) is 2. The molecule has 1 aliphatic rings. The molecule has 0 bridgehead atoms. The monoisotopic (exact) mass is 629 g/mol. The lowest BCUT2D eigenvalue weighted by molar-refractivity contribution is 0.150. The Morgan fingerprint density at radius 2 is 1.85 bits per heavy atom. The molecule has 0 amide bonds. The molecular weight excluding hydrogens is 604 g/mol. The first-order valence-corrected chi connectivity index (χ1v) is 16.5. The quantitative estimate of drug-likeness (QED) is 0.255. The third-order valence-electron chi connectivity index (χ3n) is 6.55. The van der Waals surface area contributed by atoms with Crippen molar-refractivity contribution in [1.29, 1.82) is 4.78 Å². The van der Waals surface area contributed by atoms with Crippen molar-refractivity contribution in [1.82, 2.24) is 29.2 Å². The van der Waals surface area contributed by atoms with Crippen molar-refractivity contribution in [2.45, 2.75) is 41.5 Å². The molecule has 1 aromatic carbocycles. The molecule has 214 valence electrons. The fraction of sp³-hybridized carbons (Fsp3) is 0.375. The average molecular weight is 630 g/mol. The second-order valence-electron chi connectivity index (χ2n) is 10.2. The number of hydrogen-bond acceptors (Lipinski definition) is 9. The largest absolute Gasteiger partial charge is 0.308 e. The lowest BCUT2D eigenvalue weighted by atomic mass is 10.1. The second kappa shape index (κ2) is 10.4. The molecule has 0 saturated heterocycles. The van der Waals surface area contributed by atoms with Gasteiger partial charge in [0.2, 0.25) is 10.0 Å². The van der Waals surface area contributed by atoms with Crippen LogP contribution in [0, 0.1) is 4.78 Å². The van der Waals surface area contributed by atoms with Crippen molar-refractivity contribution >= 4 is 48.2 Å². The van der Waals surface area contributed by atoms with Crippen LogP contribution < -0.4 is 4.72 Å². The van der Waals surface area contributed by atoms with Gasteiger partial charge in [-0.25, -0.2) is 35.9 Å². The third kappa shape index (κ3) is 5.76. The zero-order valence-electron chi connectivity index (χ0n) is 21.7. The van der Waals surface area contributed by atoms with Crippen molar-refractivity contribution in [3.63, 3.8) is 0 Å². The summed E-state index contributed by atoms with van der Waals surface area (Å²) in [6.45, 7) is 2.29. The number of aromatic nitrogens is 4. The summed E-state index contributed by atoms with van der Waals surface area (Å²) in [5.41, 5.74) is 0.707. The van der Waals surface area contributed by atoms with E-state index in [4.69, 9.17) is 16.4 Å². The van der Waals surface area contributed by atoms with Crippen molar-refractivity contribution in [2.24, 2.45) is 0 Å². The van der Waals surface area contributed by atoms with Crippen LogP contribution in [-0.2, 0) is 19.8 Å². The van der Waals surface area contributed by atoms with Gasteiger partial charge in [-0.15, -0.1) is 10.2 Å². The molecule has 1 saturated carbocycles. The van der Waals surface area contributed by atoms with Gasteiger partial charge in [0.1, 0.15) is 0 Å². The normalized spacial score (nSPS) is 16.6. The summed E-state index contributed by atoms with van der Waals surface area (Å²) in [6.07, 6.45) is -0.0957. The molecule has 4 aromatic rings. The van der Waals surface area contributed by atoms with Gasteiger partial charge in [-0.2, -0.15) is 0 Å². The van der Waals surface area contributed by atoms with E-state index in [1.165, 1.54) is 16.7 Å². The van der Waals surface area contributed by atoms with Crippen LogP contribution in [0.4, 0.5) is 8.78 Å². The van der Waals surface area contributed by atoms with Gasteiger partial charge in [-0.3, -0.25) is 4.40 Å². The van der Waals surface area contributed by atoms with E-state index in [1.807, 2.05) is 25.9 Å². The number of rotatable bonds is 10. The SMILES string of the molecule is CN(C)CC[S@](=N)(=O)c1ccc(-c2cc(S(=O)(=O)NC3(C)CC3)cn3c(-c4nnc(C(F)F)s4)nc(Cl)c23)cc1. The number of halogens is 3. The maximum atomic E-state index is 13.4. The number of pyridine rings is 1. The summed E-state index contributed by atoms with van der Waals surface area (Å²) in [6, 6.07) is 7.90. The number of nitrogens with zero attached hydrogens (tertiary/aromatic N) is 5. The standard InChI is InChI=1S/C24H26ClF2N7O3S3/c1-24(8-9-24)32-40(36,37)16-12-17(14-4-6-15(7-5-14)39(28,35)11-10-33(2)3)18-19(25)29-21(34(18)13-16)23-31-30-22(38-23)20(26)27/h4-7,12-13,20,28,32H,8-11H2,1-3H3/t39-/m0/s1. The van der Waals surface area contributed by atoms with Crippen LogP contribution >= 0.6 is 22.9 Å². The van der Waals surface area contributed by atoms with Gasteiger partial charge in [-0.1, -0.05) is 35.1 Å². The van der Waals surface area contributed by atoms with E-state index in [2.05, 4.69) is 19.9 Å². The van der Waals surface area contributed by atoms with Crippen molar-refractivity contribution < 1.29 is 21.4 Å². The van der Waals surface area contributed by atoms with Crippen LogP contribution in [0.2, 0.25) is 5.15 Å². The highest BCUT2D eigenvalue weighted by molar-refractivity contribution is 7.92. The lowest BCUT2D eigenvalue weighted by Crippen LogP contribution is -2.34. The zero-order chi connectivity index (χ0) is 29.0. The van der Waals surface area contributed by atoms with E-state index in [9.17, 15) is 21.4 Å². The molecule has 40 heavy (non-hydrogen) atoms. The fourth-order valence-corrected chi connectivity index (χ4v) is 7.91. The van der Waals surface area contributed by atoms with Gasteiger partial charge in [0.25, 0.3) is 6.43 Å². The van der Waals surface area contributed by atoms with E-state index >= 15 is 0 Å². The molecule has 2 N–H and O–H groups in total. The van der Waals surface area contributed by atoms with E-state index in [0.717, 1.165) is 0 Å². The number of hydrogen-bond donors (Lipinski definition) is 2. The van der Waals surface area contributed by atoms with Gasteiger partial charge in [0.05, 0.1) is 20.1 Å². The van der Waals surface area contributed by atoms with E-state index in [0.29, 0.717) is 52.3 Å². The third-order valence-corrected chi connectivity index (χ3v) is 11.1. The van der Waals surface area contributed by atoms with E-state index in [-0.39, 0.29) is 26.6 Å². The molecule has 0 aliphatic heterocycles. The molecule has 1 atom stereocenters. The average Bonchev–Trinajstić information content (AvgIpc) is 3.27. The number of benzene rings is 1. The fourth-order valence-electron chi connectivity index (χ4n) is 4.03.